The van der Waals surface area contributed by atoms with Crippen molar-refractivity contribution < 1.29 is 100 Å². The van der Waals surface area contributed by atoms with Crippen LogP contribution in [0.4, 0.5) is 24.0 Å². The van der Waals surface area contributed by atoms with Crippen molar-refractivity contribution in [1.29, 1.82) is 0 Å². The third-order valence-electron chi connectivity index (χ3n) is 22.7. The Bertz CT molecular complexity index is 5740. The van der Waals surface area contributed by atoms with E-state index in [0.717, 1.165) is 22.3 Å². The van der Waals surface area contributed by atoms with Gasteiger partial charge in [-0.05, 0) is 108 Å². The molecule has 0 saturated carbocycles. The summed E-state index contributed by atoms with van der Waals surface area (Å²) in [6.07, 6.45) is -9.18. The first-order chi connectivity index (χ1) is 68.1. The van der Waals surface area contributed by atoms with Crippen LogP contribution in [0, 0.1) is 5.92 Å². The summed E-state index contributed by atoms with van der Waals surface area (Å²) in [5, 5.41) is 38.0. The topological polar surface area (TPSA) is 472 Å². The largest absolute Gasteiger partial charge is 0.449 e. The quantitative estimate of drug-likeness (QED) is 0.0160. The number of benzene rings is 9. The number of alkyl carbamates (subject to hydrolysis) is 5. The maximum absolute atomic E-state index is 15.9. The van der Waals surface area contributed by atoms with Crippen molar-refractivity contribution in [3.8, 4) is 11.1 Å². The molecule has 35 nitrogen and oxygen atoms in total. The van der Waals surface area contributed by atoms with Crippen molar-refractivity contribution >= 4 is 130 Å². The number of fused-ring (bicyclic) bond motifs is 3. The summed E-state index contributed by atoms with van der Waals surface area (Å²) in [7, 11) is 0. The molecule has 11 rings (SSSR count). The minimum absolute atomic E-state index is 0.0978. The van der Waals surface area contributed by atoms with Crippen LogP contribution >= 0.6 is 46.4 Å². The van der Waals surface area contributed by atoms with Crippen LogP contribution in [0.3, 0.4) is 0 Å². The zero-order valence-electron chi connectivity index (χ0n) is 77.5. The Morgan fingerprint density at radius 3 is 1.21 bits per heavy atom. The lowest BCUT2D eigenvalue weighted by Gasteiger charge is -2.29. The summed E-state index contributed by atoms with van der Waals surface area (Å²) in [6.45, 7) is -0.267. The molecule has 1 fully saturated rings. The van der Waals surface area contributed by atoms with Crippen LogP contribution in [0.2, 0.25) is 20.1 Å². The second-order valence-electron chi connectivity index (χ2n) is 33.5. The lowest BCUT2D eigenvalue weighted by molar-refractivity contribution is -0.136. The Labute approximate surface area is 834 Å². The van der Waals surface area contributed by atoms with E-state index in [-0.39, 0.29) is 62.5 Å². The number of nitrogens with one attached hydrogen (secondary N) is 14. The fraction of sp³-hybridized carbons (Fsp3) is 0.333. The van der Waals surface area contributed by atoms with E-state index < -0.39 is 228 Å². The van der Waals surface area contributed by atoms with Gasteiger partial charge in [-0.1, -0.05) is 273 Å². The number of amides is 14. The Kier molecular flexibility index (Phi) is 42.1. The van der Waals surface area contributed by atoms with Crippen LogP contribution in [0.5, 0.6) is 0 Å². The standard InChI is InChI=1S/C102H112Cl4N14O21/c1-62(2)51-84-93(125)114-81(44-48-108-98(130)137-56-67-31-13-21-39-76(67)103)90(122)113-83(46-50-110-100(132)139-58-69-33-15-23-41-78(69)105)92(124)120-88(63(3)136-55-66-29-11-6-12-30-66)97(129)107-47-43-80(89(121)112-82(45-49-109-99(131)138-57-68-32-14-22-40-77(68)104)91(123)117-85(94(126)116-84)52-64-25-7-4-8-26-64)115-95(127)86(53-111-101(133)140-59-70-34-16-24-42-79(70)106)118-96(128)87(61-135-54-65-27-9-5-10-28-65)119-102(134)141-60-75-73-37-19-17-35-71(73)72-36-18-20-38-74(72)75/h4-42,62-63,75,80-88H,43-61H2,1-3H3,(H,107,129)(H,108,130)(H,109,131)(H,110,132)(H,111,133)(H,112,121)(H,113,122)(H,114,125)(H,115,127)(H,116,126)(H,117,123)(H,118,128)(H,119,134)(H,120,124)/t63-,80+,81+,82+,83+,84+,85-,86+,87+,88+/m1/s1. The molecule has 1 heterocycles. The van der Waals surface area contributed by atoms with Crippen LogP contribution < -0.4 is 74.4 Å². The highest BCUT2D eigenvalue weighted by Crippen LogP contribution is 2.44. The molecule has 9 aromatic carbocycles. The van der Waals surface area contributed by atoms with Crippen molar-refractivity contribution in [2.24, 2.45) is 5.92 Å². The van der Waals surface area contributed by atoms with E-state index in [0.29, 0.717) is 49.0 Å². The molecule has 0 aromatic heterocycles. The average molecular weight is 2010 g/mol. The Hall–Kier alpha value is -14.4. The molecule has 1 aliphatic heterocycles. The minimum Gasteiger partial charge on any atom is -0.449 e. The predicted octanol–water partition coefficient (Wildman–Crippen LogP) is 10.9. The second-order valence-corrected chi connectivity index (χ2v) is 35.2. The van der Waals surface area contributed by atoms with Crippen molar-refractivity contribution in [3.63, 3.8) is 0 Å². The van der Waals surface area contributed by atoms with Crippen LogP contribution in [0.25, 0.3) is 11.1 Å². The molecule has 14 N–H and O–H groups in total. The molecular formula is C102H112Cl4N14O21. The third-order valence-corrected chi connectivity index (χ3v) is 24.2. The van der Waals surface area contributed by atoms with Crippen molar-refractivity contribution in [2.45, 2.75) is 165 Å². The van der Waals surface area contributed by atoms with Gasteiger partial charge in [0.25, 0.3) is 0 Å². The van der Waals surface area contributed by atoms with Gasteiger partial charge in [0.05, 0.1) is 32.5 Å². The molecule has 0 bridgehead atoms. The first kappa shape index (κ1) is 107. The summed E-state index contributed by atoms with van der Waals surface area (Å²) >= 11 is 25.6. The molecule has 141 heavy (non-hydrogen) atoms. The normalized spacial score (nSPS) is 17.7. The molecule has 744 valence electrons. The molecule has 1 saturated heterocycles. The fourth-order valence-electron chi connectivity index (χ4n) is 15.2. The van der Waals surface area contributed by atoms with Gasteiger partial charge in [0.1, 0.15) is 87.4 Å². The first-order valence-corrected chi connectivity index (χ1v) is 47.3. The number of carbonyl (C=O) groups is 14. The number of ether oxygens (including phenoxy) is 7. The van der Waals surface area contributed by atoms with Gasteiger partial charge >= 0.3 is 30.5 Å². The highest BCUT2D eigenvalue weighted by molar-refractivity contribution is 6.32. The van der Waals surface area contributed by atoms with Crippen LogP contribution in [0.1, 0.15) is 109 Å². The van der Waals surface area contributed by atoms with E-state index in [1.54, 1.807) is 202 Å². The Morgan fingerprint density at radius 1 is 0.369 bits per heavy atom. The number of hydrogen-bond acceptors (Lipinski definition) is 21. The number of hydrogen-bond donors (Lipinski definition) is 14. The highest BCUT2D eigenvalue weighted by Gasteiger charge is 2.40. The van der Waals surface area contributed by atoms with E-state index in [1.165, 1.54) is 6.92 Å². The van der Waals surface area contributed by atoms with Crippen molar-refractivity contribution in [1.82, 2.24) is 74.4 Å². The van der Waals surface area contributed by atoms with Gasteiger partial charge in [0, 0.05) is 80.9 Å². The summed E-state index contributed by atoms with van der Waals surface area (Å²) < 4.78 is 40.3. The molecule has 0 radical (unpaired) electrons. The average Bonchev–Trinajstić information content (AvgIpc) is 1.61. The van der Waals surface area contributed by atoms with Crippen LogP contribution in [-0.2, 0) is 122 Å². The third kappa shape index (κ3) is 34.3. The summed E-state index contributed by atoms with van der Waals surface area (Å²) in [5.41, 5.74) is 7.05. The van der Waals surface area contributed by atoms with Crippen LogP contribution in [0.15, 0.2) is 237 Å². The SMILES string of the molecule is CC(C)C[C@@H]1NC(=O)[C@@H](Cc2ccccc2)NC(=O)[C@H](CCNC(=O)OCc2ccccc2Cl)NC(=O)[C@@H](NC(=O)[C@H](CNC(=O)OCc2ccccc2Cl)NC(=O)[C@H](COCc2ccccc2)NC(=O)OCC2c3ccccc3-c3ccccc32)CCNC(=O)[C@H]([C@@H](C)OCc2ccccc2)NC(=O)[C@H](CCNC(=O)OCc2ccccc2Cl)NC(=O)[C@H](CCNC(=O)OCc2ccccc2Cl)NC1=O. The van der Waals surface area contributed by atoms with E-state index in [2.05, 4.69) is 74.4 Å². The smallest absolute Gasteiger partial charge is 0.407 e. The van der Waals surface area contributed by atoms with Gasteiger partial charge in [-0.15, -0.1) is 0 Å². The highest BCUT2D eigenvalue weighted by atomic mass is 35.5. The monoisotopic (exact) mass is 2010 g/mol. The molecule has 0 unspecified atom stereocenters. The zero-order valence-corrected chi connectivity index (χ0v) is 80.5. The molecule has 14 amide bonds. The summed E-state index contributed by atoms with van der Waals surface area (Å²) in [5.74, 6) is -10.8. The molecule has 39 heteroatoms. The minimum atomic E-state index is -1.99. The summed E-state index contributed by atoms with van der Waals surface area (Å²) in [4.78, 5) is 209. The van der Waals surface area contributed by atoms with Crippen molar-refractivity contribution in [2.75, 3.05) is 45.9 Å². The second kappa shape index (κ2) is 55.4. The lowest BCUT2D eigenvalue weighted by atomic mass is 9.98. The predicted molar refractivity (Wildman–Crippen MR) is 524 cm³/mol. The maximum atomic E-state index is 15.9. The number of rotatable bonds is 38. The van der Waals surface area contributed by atoms with Crippen LogP contribution in [-0.4, -0.2) is 190 Å². The molecule has 0 spiro atoms. The fourth-order valence-corrected chi connectivity index (χ4v) is 15.9. The molecular weight excluding hydrogens is 1900 g/mol. The van der Waals surface area contributed by atoms with E-state index in [1.807, 2.05) is 48.5 Å². The van der Waals surface area contributed by atoms with Gasteiger partial charge in [-0.2, -0.15) is 0 Å². The molecule has 9 aromatic rings. The van der Waals surface area contributed by atoms with E-state index in [4.69, 9.17) is 79.6 Å². The van der Waals surface area contributed by atoms with E-state index in [9.17, 15) is 24.0 Å². The van der Waals surface area contributed by atoms with Gasteiger partial charge < -0.3 is 108 Å². The van der Waals surface area contributed by atoms with Gasteiger partial charge in [0.2, 0.25) is 53.2 Å². The molecule has 2 aliphatic rings. The Balaban J connectivity index is 0.965. The molecule has 1 aliphatic carbocycles. The number of carbonyl (C=O) groups excluding carboxylic acids is 14. The van der Waals surface area contributed by atoms with Crippen molar-refractivity contribution in [3.05, 3.63) is 307 Å². The lowest BCUT2D eigenvalue weighted by Crippen LogP contribution is -2.62. The van der Waals surface area contributed by atoms with Gasteiger partial charge in [-0.3, -0.25) is 43.2 Å². The first-order valence-electron chi connectivity index (χ1n) is 45.8. The zero-order chi connectivity index (χ0) is 101. The van der Waals surface area contributed by atoms with E-state index >= 15 is 43.2 Å². The Morgan fingerprint density at radius 2 is 0.752 bits per heavy atom. The van der Waals surface area contributed by atoms with Gasteiger partial charge in [0.15, 0.2) is 0 Å². The maximum Gasteiger partial charge on any atom is 0.407 e. The summed E-state index contributed by atoms with van der Waals surface area (Å²) in [6, 6.07) is 51.1. The van der Waals surface area contributed by atoms with Gasteiger partial charge in [-0.25, -0.2) is 24.0 Å². The molecule has 10 atom stereocenters. The number of halogens is 4.